The van der Waals surface area contributed by atoms with E-state index in [1.165, 1.54) is 6.39 Å². The summed E-state index contributed by atoms with van der Waals surface area (Å²) in [6.45, 7) is 3.80. The van der Waals surface area contributed by atoms with Gasteiger partial charge in [-0.3, -0.25) is 0 Å². The van der Waals surface area contributed by atoms with Gasteiger partial charge in [0.1, 0.15) is 11.8 Å². The van der Waals surface area contributed by atoms with E-state index in [2.05, 4.69) is 21.4 Å². The summed E-state index contributed by atoms with van der Waals surface area (Å²) in [6, 6.07) is 9.67. The van der Waals surface area contributed by atoms with Crippen LogP contribution in [0.2, 0.25) is 0 Å². The van der Waals surface area contributed by atoms with E-state index in [4.69, 9.17) is 9.15 Å². The Morgan fingerprint density at radius 3 is 2.78 bits per heavy atom. The summed E-state index contributed by atoms with van der Waals surface area (Å²) in [6.07, 6.45) is 5.07. The number of aromatic nitrogens is 3. The number of benzene rings is 1. The SMILES string of the molecule is COc1cc(Nc2cc(C#N)cn3cc(C)nc23)ccc1-c1ocnc1C. The van der Waals surface area contributed by atoms with Crippen LogP contribution >= 0.6 is 0 Å². The molecule has 0 aliphatic heterocycles. The molecule has 0 saturated carbocycles. The van der Waals surface area contributed by atoms with Gasteiger partial charge in [0.2, 0.25) is 0 Å². The third kappa shape index (κ3) is 2.98. The van der Waals surface area contributed by atoms with E-state index in [0.29, 0.717) is 17.1 Å². The van der Waals surface area contributed by atoms with Gasteiger partial charge in [-0.2, -0.15) is 5.26 Å². The molecule has 0 unspecified atom stereocenters. The summed E-state index contributed by atoms with van der Waals surface area (Å²) in [5.41, 5.74) is 5.35. The maximum absolute atomic E-state index is 9.30. The van der Waals surface area contributed by atoms with Gasteiger partial charge < -0.3 is 18.9 Å². The Balaban J connectivity index is 1.76. The van der Waals surface area contributed by atoms with Gasteiger partial charge in [-0.25, -0.2) is 9.97 Å². The highest BCUT2D eigenvalue weighted by Gasteiger charge is 2.14. The highest BCUT2D eigenvalue weighted by molar-refractivity contribution is 5.78. The van der Waals surface area contributed by atoms with Crippen LogP contribution in [-0.2, 0) is 0 Å². The Kier molecular flexibility index (Phi) is 4.01. The van der Waals surface area contributed by atoms with Crippen LogP contribution in [0.3, 0.4) is 0 Å². The molecule has 134 valence electrons. The van der Waals surface area contributed by atoms with Gasteiger partial charge in [-0.15, -0.1) is 0 Å². The predicted octanol–water partition coefficient (Wildman–Crippen LogP) is 4.23. The first-order valence-electron chi connectivity index (χ1n) is 8.34. The van der Waals surface area contributed by atoms with Gasteiger partial charge in [0.15, 0.2) is 17.8 Å². The number of fused-ring (bicyclic) bond motifs is 1. The number of ether oxygens (including phenoxy) is 1. The van der Waals surface area contributed by atoms with Gasteiger partial charge in [0.25, 0.3) is 0 Å². The minimum absolute atomic E-state index is 0.545. The molecule has 0 spiro atoms. The highest BCUT2D eigenvalue weighted by atomic mass is 16.5. The van der Waals surface area contributed by atoms with Crippen molar-refractivity contribution in [2.75, 3.05) is 12.4 Å². The minimum atomic E-state index is 0.545. The van der Waals surface area contributed by atoms with Crippen LogP contribution < -0.4 is 10.1 Å². The molecule has 0 amide bonds. The topological polar surface area (TPSA) is 88.4 Å². The molecule has 0 bridgehead atoms. The van der Waals surface area contributed by atoms with Gasteiger partial charge in [-0.1, -0.05) is 0 Å². The predicted molar refractivity (Wildman–Crippen MR) is 101 cm³/mol. The van der Waals surface area contributed by atoms with Crippen molar-refractivity contribution in [2.24, 2.45) is 0 Å². The zero-order valence-corrected chi connectivity index (χ0v) is 15.1. The molecule has 0 fully saturated rings. The number of rotatable bonds is 4. The van der Waals surface area contributed by atoms with Crippen LogP contribution in [-0.4, -0.2) is 21.5 Å². The number of imidazole rings is 1. The largest absolute Gasteiger partial charge is 0.496 e. The number of nitriles is 1. The lowest BCUT2D eigenvalue weighted by Gasteiger charge is -2.12. The van der Waals surface area contributed by atoms with Crippen LogP contribution in [0.4, 0.5) is 11.4 Å². The lowest BCUT2D eigenvalue weighted by molar-refractivity contribution is 0.415. The molecule has 0 radical (unpaired) electrons. The fourth-order valence-electron chi connectivity index (χ4n) is 3.05. The van der Waals surface area contributed by atoms with Gasteiger partial charge in [-0.05, 0) is 32.0 Å². The molecule has 3 heterocycles. The molecular formula is C20H17N5O2. The van der Waals surface area contributed by atoms with Crippen molar-refractivity contribution in [3.05, 3.63) is 60.0 Å². The summed E-state index contributed by atoms with van der Waals surface area (Å²) in [5, 5.41) is 12.6. The molecule has 0 aliphatic carbocycles. The van der Waals surface area contributed by atoms with Crippen LogP contribution in [0.15, 0.2) is 47.5 Å². The second-order valence-electron chi connectivity index (χ2n) is 6.17. The van der Waals surface area contributed by atoms with Crippen LogP contribution in [0.1, 0.15) is 17.0 Å². The first-order valence-corrected chi connectivity index (χ1v) is 8.34. The first-order chi connectivity index (χ1) is 13.1. The molecule has 1 aromatic carbocycles. The number of oxazole rings is 1. The molecule has 0 saturated heterocycles. The lowest BCUT2D eigenvalue weighted by Crippen LogP contribution is -1.97. The number of anilines is 2. The smallest absolute Gasteiger partial charge is 0.181 e. The van der Waals surface area contributed by atoms with E-state index >= 15 is 0 Å². The summed E-state index contributed by atoms with van der Waals surface area (Å²) in [5.74, 6) is 1.34. The maximum atomic E-state index is 9.30. The molecule has 1 N–H and O–H groups in total. The third-order valence-corrected chi connectivity index (χ3v) is 4.27. The summed E-state index contributed by atoms with van der Waals surface area (Å²) in [4.78, 5) is 8.67. The van der Waals surface area contributed by atoms with Gasteiger partial charge in [0, 0.05) is 24.1 Å². The number of nitrogens with zero attached hydrogens (tertiary/aromatic N) is 4. The van der Waals surface area contributed by atoms with Crippen LogP contribution in [0.5, 0.6) is 5.75 Å². The fraction of sp³-hybridized carbons (Fsp3) is 0.150. The number of aryl methyl sites for hydroxylation is 2. The van der Waals surface area contributed by atoms with E-state index in [-0.39, 0.29) is 0 Å². The Morgan fingerprint density at radius 1 is 1.22 bits per heavy atom. The van der Waals surface area contributed by atoms with E-state index < -0.39 is 0 Å². The molecule has 4 rings (SSSR count). The zero-order chi connectivity index (χ0) is 19.0. The molecule has 7 nitrogen and oxygen atoms in total. The Labute approximate surface area is 155 Å². The van der Waals surface area contributed by atoms with Crippen molar-refractivity contribution in [2.45, 2.75) is 13.8 Å². The summed E-state index contributed by atoms with van der Waals surface area (Å²) < 4.78 is 12.9. The summed E-state index contributed by atoms with van der Waals surface area (Å²) >= 11 is 0. The van der Waals surface area contributed by atoms with Crippen molar-refractivity contribution >= 4 is 17.0 Å². The van der Waals surface area contributed by atoms with E-state index in [1.54, 1.807) is 19.4 Å². The number of hydrogen-bond donors (Lipinski definition) is 1. The van der Waals surface area contributed by atoms with Crippen molar-refractivity contribution in [1.82, 2.24) is 14.4 Å². The third-order valence-electron chi connectivity index (χ3n) is 4.27. The quantitative estimate of drug-likeness (QED) is 0.586. The van der Waals surface area contributed by atoms with Gasteiger partial charge >= 0.3 is 0 Å². The Morgan fingerprint density at radius 2 is 2.07 bits per heavy atom. The average molecular weight is 359 g/mol. The lowest BCUT2D eigenvalue weighted by atomic mass is 10.1. The second-order valence-corrected chi connectivity index (χ2v) is 6.17. The second kappa shape index (κ2) is 6.50. The monoisotopic (exact) mass is 359 g/mol. The number of nitrogens with one attached hydrogen (secondary N) is 1. The van der Waals surface area contributed by atoms with E-state index in [0.717, 1.165) is 34.0 Å². The van der Waals surface area contributed by atoms with Crippen molar-refractivity contribution in [3.63, 3.8) is 0 Å². The van der Waals surface area contributed by atoms with Gasteiger partial charge in [0.05, 0.1) is 35.3 Å². The zero-order valence-electron chi connectivity index (χ0n) is 15.1. The maximum Gasteiger partial charge on any atom is 0.181 e. The molecule has 3 aromatic heterocycles. The normalized spacial score (nSPS) is 10.7. The van der Waals surface area contributed by atoms with E-state index in [1.807, 2.05) is 42.6 Å². The fourth-order valence-corrected chi connectivity index (χ4v) is 3.05. The molecule has 0 atom stereocenters. The number of pyridine rings is 1. The van der Waals surface area contributed by atoms with Crippen LogP contribution in [0.25, 0.3) is 17.0 Å². The molecular weight excluding hydrogens is 342 g/mol. The van der Waals surface area contributed by atoms with Crippen molar-refractivity contribution in [3.8, 4) is 23.1 Å². The minimum Gasteiger partial charge on any atom is -0.496 e. The standard InChI is InChI=1S/C20H17N5O2/c1-12-9-25-10-14(8-21)6-17(20(25)23-12)24-15-4-5-16(18(7-15)26-3)19-13(2)22-11-27-19/h4-7,9-11,24H,1-3H3. The molecule has 4 aromatic rings. The Hall–Kier alpha value is -3.79. The summed E-state index contributed by atoms with van der Waals surface area (Å²) in [7, 11) is 1.61. The number of hydrogen-bond acceptors (Lipinski definition) is 6. The van der Waals surface area contributed by atoms with Crippen molar-refractivity contribution < 1.29 is 9.15 Å². The Bertz CT molecular complexity index is 1180. The molecule has 0 aliphatic rings. The van der Waals surface area contributed by atoms with Crippen molar-refractivity contribution in [1.29, 1.82) is 5.26 Å². The molecule has 7 heteroatoms. The van der Waals surface area contributed by atoms with E-state index in [9.17, 15) is 5.26 Å². The highest BCUT2D eigenvalue weighted by Crippen LogP contribution is 2.35. The number of methoxy groups -OCH3 is 1. The van der Waals surface area contributed by atoms with Crippen LogP contribution in [0, 0.1) is 25.2 Å². The first kappa shape index (κ1) is 16.7. The average Bonchev–Trinajstić information content (AvgIpc) is 3.26. The molecule has 27 heavy (non-hydrogen) atoms.